The van der Waals surface area contributed by atoms with E-state index in [4.69, 9.17) is 21.3 Å². The van der Waals surface area contributed by atoms with Crippen molar-refractivity contribution in [1.29, 1.82) is 0 Å². The van der Waals surface area contributed by atoms with Gasteiger partial charge in [0.1, 0.15) is 16.7 Å². The van der Waals surface area contributed by atoms with Gasteiger partial charge >= 0.3 is 0 Å². The van der Waals surface area contributed by atoms with Crippen molar-refractivity contribution in [2.45, 2.75) is 37.6 Å². The van der Waals surface area contributed by atoms with Gasteiger partial charge in [-0.1, -0.05) is 54.6 Å². The van der Waals surface area contributed by atoms with E-state index in [1.807, 2.05) is 60.4 Å². The van der Waals surface area contributed by atoms with E-state index in [1.165, 1.54) is 12.8 Å². The molecule has 0 radical (unpaired) electrons. The summed E-state index contributed by atoms with van der Waals surface area (Å²) in [4.78, 5) is 28.9. The standard InChI is InChI=1S/C30H36ClN5O2S/c1-3-38-26-7-5-4-6-25(26)34-16-18-36(19-17-34)29(37)24-10-8-23(9-11-24)21-39-30-32-27(31)20-28(33-30)35-14-12-22(2)13-15-35/h4-11,20,22H,3,12-19,21H2,1-2H3. The molecule has 2 fully saturated rings. The second kappa shape index (κ2) is 12.9. The highest BCUT2D eigenvalue weighted by Gasteiger charge is 2.24. The highest BCUT2D eigenvalue weighted by molar-refractivity contribution is 7.98. The van der Waals surface area contributed by atoms with E-state index < -0.39 is 0 Å². The summed E-state index contributed by atoms with van der Waals surface area (Å²) in [7, 11) is 0. The third-order valence-electron chi connectivity index (χ3n) is 7.41. The number of rotatable bonds is 8. The van der Waals surface area contributed by atoms with Crippen LogP contribution in [0.5, 0.6) is 5.75 Å². The van der Waals surface area contributed by atoms with E-state index in [-0.39, 0.29) is 5.91 Å². The van der Waals surface area contributed by atoms with Gasteiger partial charge in [-0.05, 0) is 55.5 Å². The zero-order valence-corrected chi connectivity index (χ0v) is 24.3. The number of para-hydroxylation sites is 2. The van der Waals surface area contributed by atoms with E-state index in [9.17, 15) is 4.79 Å². The Bertz CT molecular complexity index is 1260. The minimum absolute atomic E-state index is 0.0746. The number of piperazine rings is 1. The fourth-order valence-corrected chi connectivity index (χ4v) is 6.11. The van der Waals surface area contributed by atoms with Crippen LogP contribution in [0.25, 0.3) is 0 Å². The first-order valence-corrected chi connectivity index (χ1v) is 15.1. The molecule has 0 bridgehead atoms. The lowest BCUT2D eigenvalue weighted by Crippen LogP contribution is -2.48. The highest BCUT2D eigenvalue weighted by Crippen LogP contribution is 2.30. The molecule has 5 rings (SSSR count). The van der Waals surface area contributed by atoms with E-state index >= 15 is 0 Å². The average molecular weight is 566 g/mol. The van der Waals surface area contributed by atoms with Gasteiger partial charge in [0, 0.05) is 56.7 Å². The third kappa shape index (κ3) is 6.97. The number of nitrogens with zero attached hydrogens (tertiary/aromatic N) is 5. The summed E-state index contributed by atoms with van der Waals surface area (Å²) in [5.74, 6) is 3.35. The van der Waals surface area contributed by atoms with Crippen LogP contribution in [0.2, 0.25) is 5.15 Å². The van der Waals surface area contributed by atoms with Crippen LogP contribution in [0, 0.1) is 5.92 Å². The number of hydrogen-bond acceptors (Lipinski definition) is 7. The number of benzene rings is 2. The van der Waals surface area contributed by atoms with Crippen molar-refractivity contribution in [2.75, 3.05) is 55.7 Å². The first-order chi connectivity index (χ1) is 19.0. The summed E-state index contributed by atoms with van der Waals surface area (Å²) in [5, 5.41) is 1.16. The molecule has 206 valence electrons. The highest BCUT2D eigenvalue weighted by atomic mass is 35.5. The molecule has 0 N–H and O–H groups in total. The number of piperidine rings is 1. The molecular formula is C30H36ClN5O2S. The maximum atomic E-state index is 13.2. The number of thioether (sulfide) groups is 1. The minimum Gasteiger partial charge on any atom is -0.492 e. The summed E-state index contributed by atoms with van der Waals surface area (Å²) in [5.41, 5.74) is 2.92. The van der Waals surface area contributed by atoms with Crippen LogP contribution >= 0.6 is 23.4 Å². The van der Waals surface area contributed by atoms with Crippen LogP contribution in [-0.2, 0) is 5.75 Å². The van der Waals surface area contributed by atoms with Gasteiger partial charge in [-0.2, -0.15) is 0 Å². The number of amides is 1. The molecule has 1 amide bonds. The molecular weight excluding hydrogens is 530 g/mol. The number of carbonyl (C=O) groups excluding carboxylic acids is 1. The molecule has 9 heteroatoms. The fraction of sp³-hybridized carbons (Fsp3) is 0.433. The summed E-state index contributed by atoms with van der Waals surface area (Å²) >= 11 is 7.90. The number of aromatic nitrogens is 2. The van der Waals surface area contributed by atoms with E-state index in [2.05, 4.69) is 27.8 Å². The predicted molar refractivity (Wildman–Crippen MR) is 159 cm³/mol. The molecule has 3 aromatic rings. The Kier molecular flexibility index (Phi) is 9.14. The number of carbonyl (C=O) groups is 1. The monoisotopic (exact) mass is 565 g/mol. The van der Waals surface area contributed by atoms with Crippen LogP contribution in [0.1, 0.15) is 42.6 Å². The first-order valence-electron chi connectivity index (χ1n) is 13.8. The molecule has 7 nitrogen and oxygen atoms in total. The second-order valence-electron chi connectivity index (χ2n) is 10.2. The van der Waals surface area contributed by atoms with Gasteiger partial charge < -0.3 is 19.4 Å². The lowest BCUT2D eigenvalue weighted by atomic mass is 9.99. The summed E-state index contributed by atoms with van der Waals surface area (Å²) in [6, 6.07) is 17.9. The Morgan fingerprint density at radius 2 is 1.69 bits per heavy atom. The zero-order valence-electron chi connectivity index (χ0n) is 22.7. The largest absolute Gasteiger partial charge is 0.492 e. The Hall–Kier alpha value is -2.97. The number of hydrogen-bond donors (Lipinski definition) is 0. The Balaban J connectivity index is 1.15. The van der Waals surface area contributed by atoms with Gasteiger partial charge in [-0.3, -0.25) is 4.79 Å². The predicted octanol–water partition coefficient (Wildman–Crippen LogP) is 6.02. The van der Waals surface area contributed by atoms with Crippen molar-refractivity contribution in [1.82, 2.24) is 14.9 Å². The summed E-state index contributed by atoms with van der Waals surface area (Å²) in [6.45, 7) is 9.86. The molecule has 0 spiro atoms. The normalized spacial score (nSPS) is 16.4. The quantitative estimate of drug-likeness (QED) is 0.188. The topological polar surface area (TPSA) is 61.8 Å². The van der Waals surface area contributed by atoms with Crippen molar-refractivity contribution in [3.8, 4) is 5.75 Å². The van der Waals surface area contributed by atoms with Crippen molar-refractivity contribution in [3.05, 3.63) is 70.9 Å². The molecule has 0 aliphatic carbocycles. The molecule has 2 aliphatic heterocycles. The molecule has 0 saturated carbocycles. The third-order valence-corrected chi connectivity index (χ3v) is 8.52. The van der Waals surface area contributed by atoms with Gasteiger partial charge in [0.2, 0.25) is 0 Å². The van der Waals surface area contributed by atoms with Crippen molar-refractivity contribution < 1.29 is 9.53 Å². The van der Waals surface area contributed by atoms with Crippen molar-refractivity contribution >= 4 is 40.8 Å². The number of halogens is 1. The van der Waals surface area contributed by atoms with Gasteiger partial charge in [-0.25, -0.2) is 9.97 Å². The van der Waals surface area contributed by atoms with E-state index in [0.717, 1.165) is 54.9 Å². The molecule has 2 aromatic carbocycles. The fourth-order valence-electron chi connectivity index (χ4n) is 5.07. The van der Waals surface area contributed by atoms with Crippen LogP contribution < -0.4 is 14.5 Å². The Labute approximate surface area is 240 Å². The molecule has 3 heterocycles. The van der Waals surface area contributed by atoms with Gasteiger partial charge in [-0.15, -0.1) is 0 Å². The van der Waals surface area contributed by atoms with Gasteiger partial charge in [0.05, 0.1) is 12.3 Å². The van der Waals surface area contributed by atoms with Crippen molar-refractivity contribution in [3.63, 3.8) is 0 Å². The minimum atomic E-state index is 0.0746. The Morgan fingerprint density at radius 3 is 2.41 bits per heavy atom. The van der Waals surface area contributed by atoms with Crippen LogP contribution in [0.4, 0.5) is 11.5 Å². The van der Waals surface area contributed by atoms with E-state index in [0.29, 0.717) is 41.3 Å². The number of anilines is 2. The SMILES string of the molecule is CCOc1ccccc1N1CCN(C(=O)c2ccc(CSc3nc(Cl)cc(N4CCC(C)CC4)n3)cc2)CC1. The molecule has 0 atom stereocenters. The van der Waals surface area contributed by atoms with Gasteiger partial charge in [0.15, 0.2) is 5.16 Å². The van der Waals surface area contributed by atoms with Crippen LogP contribution in [-0.4, -0.2) is 66.7 Å². The van der Waals surface area contributed by atoms with Crippen LogP contribution in [0.3, 0.4) is 0 Å². The maximum absolute atomic E-state index is 13.2. The molecule has 39 heavy (non-hydrogen) atoms. The smallest absolute Gasteiger partial charge is 0.253 e. The second-order valence-corrected chi connectivity index (χ2v) is 11.5. The molecule has 1 aromatic heterocycles. The first kappa shape index (κ1) is 27.6. The molecule has 0 unspecified atom stereocenters. The number of ether oxygens (including phenoxy) is 1. The molecule has 2 aliphatic rings. The van der Waals surface area contributed by atoms with Crippen LogP contribution in [0.15, 0.2) is 59.8 Å². The average Bonchev–Trinajstić information content (AvgIpc) is 2.97. The van der Waals surface area contributed by atoms with Gasteiger partial charge in [0.25, 0.3) is 5.91 Å². The maximum Gasteiger partial charge on any atom is 0.253 e. The summed E-state index contributed by atoms with van der Waals surface area (Å²) < 4.78 is 5.80. The summed E-state index contributed by atoms with van der Waals surface area (Å²) in [6.07, 6.45) is 2.35. The van der Waals surface area contributed by atoms with Crippen molar-refractivity contribution in [2.24, 2.45) is 5.92 Å². The lowest BCUT2D eigenvalue weighted by molar-refractivity contribution is 0.0746. The zero-order chi connectivity index (χ0) is 27.2. The lowest BCUT2D eigenvalue weighted by Gasteiger charge is -2.36. The van der Waals surface area contributed by atoms with E-state index in [1.54, 1.807) is 11.8 Å². The Morgan fingerprint density at radius 1 is 0.974 bits per heavy atom. The molecule has 2 saturated heterocycles.